The number of benzene rings is 1. The molecule has 0 radical (unpaired) electrons. The molecule has 7 aliphatic rings. The molecular weight excluding hydrogens is 800 g/mol. The number of carbonyl (C=O) groups is 4. The van der Waals surface area contributed by atoms with Gasteiger partial charge in [0.05, 0.1) is 23.5 Å². The van der Waals surface area contributed by atoms with Gasteiger partial charge in [-0.25, -0.2) is 0 Å². The maximum Gasteiger partial charge on any atom is 0.309 e. The highest BCUT2D eigenvalue weighted by Gasteiger charge is 2.71. The number of aliphatic carboxylic acids is 1. The summed E-state index contributed by atoms with van der Waals surface area (Å²) in [5.74, 6) is -0.758. The number of carbonyl (C=O) groups excluding carboxylic acids is 3. The number of Topliss-reactive ketones (excluding diaryl/α,β-unsaturated/α-hetero) is 1. The largest absolute Gasteiger partial charge is 0.481 e. The Balaban J connectivity index is 1.00. The van der Waals surface area contributed by atoms with E-state index in [4.69, 9.17) is 16.3 Å². The van der Waals surface area contributed by atoms with E-state index in [9.17, 15) is 29.4 Å². The minimum atomic E-state index is -0.836. The fraction of sp³-hybridized carbons (Fsp3) is 0.769. The molecule has 0 bridgehead atoms. The van der Waals surface area contributed by atoms with Gasteiger partial charge in [-0.3, -0.25) is 19.2 Å². The van der Waals surface area contributed by atoms with Crippen LogP contribution in [0, 0.1) is 68.0 Å². The number of halogens is 1. The monoisotopic (exact) mass is 875 g/mol. The van der Waals surface area contributed by atoms with Crippen LogP contribution in [0.1, 0.15) is 163 Å². The first-order valence-electron chi connectivity index (χ1n) is 24.2. The molecule has 62 heavy (non-hydrogen) atoms. The maximum absolute atomic E-state index is 14.3. The Hall–Kier alpha value is -2.75. The molecule has 0 unspecified atom stereocenters. The van der Waals surface area contributed by atoms with E-state index in [0.717, 1.165) is 82.6 Å². The number of allylic oxidation sites excluding steroid dienone is 1. The van der Waals surface area contributed by atoms with Crippen molar-refractivity contribution >= 4 is 35.2 Å². The predicted octanol–water partition coefficient (Wildman–Crippen LogP) is 9.97. The normalized spacial score (nSPS) is 39.5. The van der Waals surface area contributed by atoms with Crippen molar-refractivity contribution in [3.63, 3.8) is 0 Å². The van der Waals surface area contributed by atoms with Crippen LogP contribution in [0.25, 0.3) is 0 Å². The third-order valence-electron chi connectivity index (χ3n) is 20.0. The zero-order chi connectivity index (χ0) is 45.0. The lowest BCUT2D eigenvalue weighted by molar-refractivity contribution is -0.238. The van der Waals surface area contributed by atoms with Gasteiger partial charge in [-0.2, -0.15) is 0 Å². The van der Waals surface area contributed by atoms with Crippen LogP contribution in [0.2, 0.25) is 5.02 Å². The van der Waals surface area contributed by atoms with Gasteiger partial charge in [0, 0.05) is 40.9 Å². The predicted molar refractivity (Wildman–Crippen MR) is 241 cm³/mol. The smallest absolute Gasteiger partial charge is 0.309 e. The molecule has 1 amide bonds. The number of aliphatic hydroxyl groups is 1. The Morgan fingerprint density at radius 2 is 1.50 bits per heavy atom. The number of aliphatic hydroxyl groups excluding tert-OH is 1. The summed E-state index contributed by atoms with van der Waals surface area (Å²) in [4.78, 5) is 53.2. The number of carboxylic acid groups (broad SMARTS) is 1. The number of rotatable bonds is 11. The second-order valence-corrected chi connectivity index (χ2v) is 24.2. The summed E-state index contributed by atoms with van der Waals surface area (Å²) in [6.45, 7) is 21.3. The molecule has 4 N–H and O–H groups in total. The molecule has 11 atom stereocenters. The van der Waals surface area contributed by atoms with Gasteiger partial charge in [0.1, 0.15) is 6.10 Å². The topological polar surface area (TPSA) is 142 Å². The second-order valence-electron chi connectivity index (χ2n) is 23.7. The standard InChI is InChI=1S/C52H75ClN2O7/c1-30(2)41-36(56)27-52(39(57)28-54-29-51(20-10-11-21-51)55-43(58)31-12-14-32(53)15-13-31)25-24-49(8)33(42(41)52)16-17-38-48(7)22-19-40(47(5,6)37(48)18-23-50(38,49)9)62-45(61)35-26-34(44(59)60)46(35,3)4/h12-15,30,33-35,37-40,54,57H,10-11,16-29H2,1-9H3,(H,55,58)(H,59,60)/t33-,34+,35-,37+,38-,39+,40+,48+,49-,50-,52+/m1/s1. The van der Waals surface area contributed by atoms with Crippen LogP contribution in [0.4, 0.5) is 0 Å². The van der Waals surface area contributed by atoms with Gasteiger partial charge in [0.25, 0.3) is 5.91 Å². The average molecular weight is 876 g/mol. The molecule has 1 aromatic carbocycles. The Morgan fingerprint density at radius 1 is 0.823 bits per heavy atom. The first kappa shape index (κ1) is 45.8. The number of hydrogen-bond donors (Lipinski definition) is 4. The number of esters is 1. The van der Waals surface area contributed by atoms with Crippen molar-refractivity contribution in [3.8, 4) is 0 Å². The van der Waals surface area contributed by atoms with E-state index < -0.39 is 40.3 Å². The molecule has 7 aliphatic carbocycles. The molecule has 342 valence electrons. The second kappa shape index (κ2) is 15.7. The lowest BCUT2D eigenvalue weighted by Crippen LogP contribution is -2.66. The summed E-state index contributed by atoms with van der Waals surface area (Å²) in [7, 11) is 0. The Labute approximate surface area is 375 Å². The van der Waals surface area contributed by atoms with E-state index in [2.05, 4.69) is 59.1 Å². The highest BCUT2D eigenvalue weighted by atomic mass is 35.5. The van der Waals surface area contributed by atoms with Crippen LogP contribution in [0.5, 0.6) is 0 Å². The number of ether oxygens (including phenoxy) is 1. The highest BCUT2D eigenvalue weighted by Crippen LogP contribution is 2.77. The molecule has 8 rings (SSSR count). The summed E-state index contributed by atoms with van der Waals surface area (Å²) in [6.07, 6.45) is 11.3. The molecule has 1 aromatic rings. The zero-order valence-electron chi connectivity index (χ0n) is 39.1. The van der Waals surface area contributed by atoms with E-state index in [0.29, 0.717) is 48.4 Å². The summed E-state index contributed by atoms with van der Waals surface area (Å²) in [5, 5.41) is 29.8. The molecule has 0 aromatic heterocycles. The molecule has 0 aliphatic heterocycles. The van der Waals surface area contributed by atoms with Gasteiger partial charge in [-0.1, -0.05) is 92.3 Å². The molecular formula is C52H75ClN2O7. The van der Waals surface area contributed by atoms with Crippen molar-refractivity contribution in [3.05, 3.63) is 46.0 Å². The van der Waals surface area contributed by atoms with Gasteiger partial charge in [-0.05, 0) is 146 Å². The number of hydrogen-bond acceptors (Lipinski definition) is 7. The SMILES string of the molecule is CC(C)C1=C2[C@H]3CC[C@@H]4[C@@]5(C)CC[C@H](OC(=O)[C@H]6C[C@@H](C(=O)O)C6(C)C)C(C)(C)[C@@H]5CC[C@@]4(C)[C@]3(C)CC[C@@]2([C@@H](O)CNCC2(NC(=O)c3ccc(Cl)cc3)CCCC2)CC1=O. The lowest BCUT2D eigenvalue weighted by Gasteiger charge is -2.72. The van der Waals surface area contributed by atoms with Crippen LogP contribution >= 0.6 is 11.6 Å². The summed E-state index contributed by atoms with van der Waals surface area (Å²) in [5.41, 5.74) is 0.986. The van der Waals surface area contributed by atoms with Crippen molar-refractivity contribution in [1.29, 1.82) is 0 Å². The Kier molecular flexibility index (Phi) is 11.6. The maximum atomic E-state index is 14.3. The van der Waals surface area contributed by atoms with E-state index in [1.165, 1.54) is 5.57 Å². The number of ketones is 1. The quantitative estimate of drug-likeness (QED) is 0.161. The molecule has 0 saturated heterocycles. The van der Waals surface area contributed by atoms with Crippen LogP contribution in [0.3, 0.4) is 0 Å². The van der Waals surface area contributed by atoms with Crippen LogP contribution in [-0.4, -0.2) is 64.7 Å². The fourth-order valence-electron chi connectivity index (χ4n) is 16.2. The van der Waals surface area contributed by atoms with Crippen LogP contribution < -0.4 is 10.6 Å². The lowest BCUT2D eigenvalue weighted by atomic mass is 9.33. The minimum absolute atomic E-state index is 0.0236. The van der Waals surface area contributed by atoms with E-state index in [1.54, 1.807) is 24.3 Å². The summed E-state index contributed by atoms with van der Waals surface area (Å²) < 4.78 is 6.44. The first-order valence-corrected chi connectivity index (χ1v) is 24.5. The number of amides is 1. The summed E-state index contributed by atoms with van der Waals surface area (Å²) >= 11 is 6.10. The third-order valence-corrected chi connectivity index (χ3v) is 20.3. The van der Waals surface area contributed by atoms with Gasteiger partial charge < -0.3 is 25.6 Å². The molecule has 6 saturated carbocycles. The van der Waals surface area contributed by atoms with Crippen LogP contribution in [0.15, 0.2) is 35.4 Å². The van der Waals surface area contributed by atoms with Gasteiger partial charge >= 0.3 is 11.9 Å². The Bertz CT molecular complexity index is 2000. The third kappa shape index (κ3) is 6.88. The van der Waals surface area contributed by atoms with Crippen LogP contribution in [-0.2, 0) is 19.1 Å². The number of fused-ring (bicyclic) bond motifs is 7. The van der Waals surface area contributed by atoms with Crippen molar-refractivity contribution in [2.45, 2.75) is 170 Å². The first-order chi connectivity index (χ1) is 29.0. The van der Waals surface area contributed by atoms with E-state index in [-0.39, 0.29) is 57.3 Å². The van der Waals surface area contributed by atoms with Crippen molar-refractivity contribution in [1.82, 2.24) is 10.6 Å². The molecule has 9 nitrogen and oxygen atoms in total. The number of nitrogens with one attached hydrogen (secondary N) is 2. The van der Waals surface area contributed by atoms with Crippen molar-refractivity contribution < 1.29 is 34.1 Å². The average Bonchev–Trinajstić information content (AvgIpc) is 3.78. The van der Waals surface area contributed by atoms with Crippen molar-refractivity contribution in [2.75, 3.05) is 13.1 Å². The summed E-state index contributed by atoms with van der Waals surface area (Å²) in [6, 6.07) is 7.00. The molecule has 6 fully saturated rings. The highest BCUT2D eigenvalue weighted by molar-refractivity contribution is 6.30. The molecule has 0 spiro atoms. The molecule has 0 heterocycles. The van der Waals surface area contributed by atoms with Gasteiger partial charge in [0.15, 0.2) is 5.78 Å². The Morgan fingerprint density at radius 3 is 2.13 bits per heavy atom. The van der Waals surface area contributed by atoms with Crippen molar-refractivity contribution in [2.24, 2.45) is 68.0 Å². The van der Waals surface area contributed by atoms with E-state index >= 15 is 0 Å². The zero-order valence-corrected chi connectivity index (χ0v) is 39.8. The molecule has 10 heteroatoms. The van der Waals surface area contributed by atoms with Gasteiger partial charge in [0.2, 0.25) is 0 Å². The number of carboxylic acids is 1. The van der Waals surface area contributed by atoms with Gasteiger partial charge in [-0.15, -0.1) is 0 Å². The fourth-order valence-corrected chi connectivity index (χ4v) is 16.3. The van der Waals surface area contributed by atoms with E-state index in [1.807, 2.05) is 13.8 Å². The minimum Gasteiger partial charge on any atom is -0.481 e.